The van der Waals surface area contributed by atoms with Crippen LogP contribution in [0.5, 0.6) is 0 Å². The highest BCUT2D eigenvalue weighted by Crippen LogP contribution is 2.13. The van der Waals surface area contributed by atoms with Crippen molar-refractivity contribution in [1.29, 1.82) is 0 Å². The summed E-state index contributed by atoms with van der Waals surface area (Å²) in [6, 6.07) is 0. The SMILES string of the molecule is CCCNCCNS(=O)(=O)C1CCCOC1. The highest BCUT2D eigenvalue weighted by Gasteiger charge is 2.27. The standard InChI is InChI=1S/C10H22N2O3S/c1-2-5-11-6-7-12-16(13,14)10-4-3-8-15-9-10/h10-12H,2-9H2,1H3. The molecule has 0 radical (unpaired) electrons. The number of nitrogens with one attached hydrogen (secondary N) is 2. The third kappa shape index (κ3) is 4.78. The summed E-state index contributed by atoms with van der Waals surface area (Å²) < 4.78 is 31.4. The van der Waals surface area contributed by atoms with Crippen LogP contribution in [0.15, 0.2) is 0 Å². The van der Waals surface area contributed by atoms with Gasteiger partial charge in [0, 0.05) is 19.7 Å². The molecule has 1 aliphatic heterocycles. The molecule has 0 aromatic heterocycles. The summed E-state index contributed by atoms with van der Waals surface area (Å²) in [6.07, 6.45) is 2.60. The van der Waals surface area contributed by atoms with Gasteiger partial charge in [0.2, 0.25) is 10.0 Å². The van der Waals surface area contributed by atoms with E-state index in [4.69, 9.17) is 4.74 Å². The van der Waals surface area contributed by atoms with E-state index in [2.05, 4.69) is 17.0 Å². The largest absolute Gasteiger partial charge is 0.380 e. The van der Waals surface area contributed by atoms with Crippen LogP contribution in [0.1, 0.15) is 26.2 Å². The Morgan fingerprint density at radius 3 is 2.75 bits per heavy atom. The molecule has 1 atom stereocenters. The number of hydrogen-bond acceptors (Lipinski definition) is 4. The van der Waals surface area contributed by atoms with Crippen molar-refractivity contribution in [2.45, 2.75) is 31.4 Å². The van der Waals surface area contributed by atoms with E-state index in [1.54, 1.807) is 0 Å². The molecule has 1 saturated heterocycles. The third-order valence-corrected chi connectivity index (χ3v) is 4.45. The molecule has 0 aromatic rings. The molecule has 1 unspecified atom stereocenters. The van der Waals surface area contributed by atoms with E-state index >= 15 is 0 Å². The van der Waals surface area contributed by atoms with Crippen LogP contribution in [0.2, 0.25) is 0 Å². The first-order valence-electron chi connectivity index (χ1n) is 5.93. The molecule has 5 nitrogen and oxygen atoms in total. The van der Waals surface area contributed by atoms with Crippen LogP contribution in [-0.2, 0) is 14.8 Å². The summed E-state index contributed by atoms with van der Waals surface area (Å²) in [5.41, 5.74) is 0. The van der Waals surface area contributed by atoms with Gasteiger partial charge in [0.1, 0.15) is 0 Å². The van der Waals surface area contributed by atoms with Gasteiger partial charge in [-0.25, -0.2) is 13.1 Å². The lowest BCUT2D eigenvalue weighted by Gasteiger charge is -2.22. The molecule has 0 aromatic carbocycles. The molecule has 0 spiro atoms. The lowest BCUT2D eigenvalue weighted by atomic mass is 10.2. The Kier molecular flexibility index (Phi) is 6.26. The topological polar surface area (TPSA) is 67.4 Å². The molecule has 0 amide bonds. The Hall–Kier alpha value is -0.170. The van der Waals surface area contributed by atoms with Crippen molar-refractivity contribution in [1.82, 2.24) is 10.0 Å². The van der Waals surface area contributed by atoms with Crippen molar-refractivity contribution in [3.05, 3.63) is 0 Å². The Balaban J connectivity index is 2.22. The second kappa shape index (κ2) is 7.21. The molecule has 16 heavy (non-hydrogen) atoms. The van der Waals surface area contributed by atoms with Crippen LogP contribution in [0.4, 0.5) is 0 Å². The zero-order valence-electron chi connectivity index (χ0n) is 9.87. The van der Waals surface area contributed by atoms with Crippen LogP contribution in [0.3, 0.4) is 0 Å². The maximum Gasteiger partial charge on any atom is 0.216 e. The molecule has 1 fully saturated rings. The first-order chi connectivity index (χ1) is 7.67. The first kappa shape index (κ1) is 13.9. The number of rotatable bonds is 7. The van der Waals surface area contributed by atoms with Gasteiger partial charge in [-0.15, -0.1) is 0 Å². The van der Waals surface area contributed by atoms with Crippen LogP contribution in [0, 0.1) is 0 Å². The van der Waals surface area contributed by atoms with E-state index in [0.717, 1.165) is 19.4 Å². The van der Waals surface area contributed by atoms with Crippen LogP contribution >= 0.6 is 0 Å². The second-order valence-electron chi connectivity index (χ2n) is 4.03. The van der Waals surface area contributed by atoms with Crippen molar-refractivity contribution in [2.75, 3.05) is 32.8 Å². The summed E-state index contributed by atoms with van der Waals surface area (Å²) in [5.74, 6) is 0. The van der Waals surface area contributed by atoms with Crippen molar-refractivity contribution in [3.8, 4) is 0 Å². The average Bonchev–Trinajstić information content (AvgIpc) is 2.30. The van der Waals surface area contributed by atoms with Crippen LogP contribution < -0.4 is 10.0 Å². The fourth-order valence-electron chi connectivity index (χ4n) is 1.66. The second-order valence-corrected chi connectivity index (χ2v) is 6.07. The monoisotopic (exact) mass is 250 g/mol. The summed E-state index contributed by atoms with van der Waals surface area (Å²) in [7, 11) is -3.19. The van der Waals surface area contributed by atoms with Gasteiger partial charge in [-0.2, -0.15) is 0 Å². The van der Waals surface area contributed by atoms with E-state index in [9.17, 15) is 8.42 Å². The highest BCUT2D eigenvalue weighted by molar-refractivity contribution is 7.90. The minimum atomic E-state index is -3.19. The molecule has 0 bridgehead atoms. The van der Waals surface area contributed by atoms with Gasteiger partial charge in [0.05, 0.1) is 11.9 Å². The summed E-state index contributed by atoms with van der Waals surface area (Å²) in [4.78, 5) is 0. The normalized spacial score (nSPS) is 22.2. The predicted molar refractivity (Wildman–Crippen MR) is 63.9 cm³/mol. The van der Waals surface area contributed by atoms with Gasteiger partial charge in [-0.1, -0.05) is 6.92 Å². The van der Waals surface area contributed by atoms with Gasteiger partial charge in [0.15, 0.2) is 0 Å². The zero-order valence-corrected chi connectivity index (χ0v) is 10.7. The van der Waals surface area contributed by atoms with E-state index in [1.165, 1.54) is 0 Å². The number of sulfonamides is 1. The van der Waals surface area contributed by atoms with Crippen molar-refractivity contribution >= 4 is 10.0 Å². The van der Waals surface area contributed by atoms with Gasteiger partial charge >= 0.3 is 0 Å². The molecule has 1 rings (SSSR count). The van der Waals surface area contributed by atoms with Crippen molar-refractivity contribution in [2.24, 2.45) is 0 Å². The minimum Gasteiger partial charge on any atom is -0.380 e. The Morgan fingerprint density at radius 2 is 2.12 bits per heavy atom. The highest BCUT2D eigenvalue weighted by atomic mass is 32.2. The summed E-state index contributed by atoms with van der Waals surface area (Å²) >= 11 is 0. The maximum atomic E-state index is 11.8. The Labute approximate surface area is 98.0 Å². The van der Waals surface area contributed by atoms with Gasteiger partial charge in [-0.05, 0) is 25.8 Å². The molecule has 0 saturated carbocycles. The van der Waals surface area contributed by atoms with Gasteiger partial charge in [-0.3, -0.25) is 0 Å². The number of ether oxygens (including phenoxy) is 1. The van der Waals surface area contributed by atoms with Crippen molar-refractivity contribution < 1.29 is 13.2 Å². The lowest BCUT2D eigenvalue weighted by Crippen LogP contribution is -2.41. The molecule has 96 valence electrons. The molecule has 1 aliphatic rings. The van der Waals surface area contributed by atoms with Crippen LogP contribution in [-0.4, -0.2) is 46.5 Å². The number of hydrogen-bond donors (Lipinski definition) is 2. The summed E-state index contributed by atoms with van der Waals surface area (Å²) in [5, 5.41) is 2.78. The maximum absolute atomic E-state index is 11.8. The first-order valence-corrected chi connectivity index (χ1v) is 7.48. The molecule has 1 heterocycles. The molecular formula is C10H22N2O3S. The van der Waals surface area contributed by atoms with Gasteiger partial charge in [0.25, 0.3) is 0 Å². The third-order valence-electron chi connectivity index (χ3n) is 2.59. The average molecular weight is 250 g/mol. The fraction of sp³-hybridized carbons (Fsp3) is 1.00. The Bertz CT molecular complexity index is 274. The van der Waals surface area contributed by atoms with E-state index < -0.39 is 10.0 Å². The molecule has 2 N–H and O–H groups in total. The predicted octanol–water partition coefficient (Wildman–Crippen LogP) is 0.0844. The van der Waals surface area contributed by atoms with E-state index in [1.807, 2.05) is 0 Å². The smallest absolute Gasteiger partial charge is 0.216 e. The minimum absolute atomic E-state index is 0.331. The summed E-state index contributed by atoms with van der Waals surface area (Å²) in [6.45, 7) is 5.16. The van der Waals surface area contributed by atoms with Gasteiger partial charge < -0.3 is 10.1 Å². The van der Waals surface area contributed by atoms with Crippen LogP contribution in [0.25, 0.3) is 0 Å². The molecular weight excluding hydrogens is 228 g/mol. The van der Waals surface area contributed by atoms with E-state index in [-0.39, 0.29) is 5.25 Å². The van der Waals surface area contributed by atoms with E-state index in [0.29, 0.717) is 32.7 Å². The Morgan fingerprint density at radius 1 is 1.31 bits per heavy atom. The fourth-order valence-corrected chi connectivity index (χ4v) is 3.03. The zero-order chi connectivity index (χ0) is 11.9. The van der Waals surface area contributed by atoms with Crippen molar-refractivity contribution in [3.63, 3.8) is 0 Å². The molecule has 6 heteroatoms. The lowest BCUT2D eigenvalue weighted by molar-refractivity contribution is 0.0988. The quantitative estimate of drug-likeness (QED) is 0.628. The molecule has 0 aliphatic carbocycles.